The molecule has 0 spiro atoms. The van der Waals surface area contributed by atoms with Gasteiger partial charge in [-0.05, 0) is 98.4 Å². The molecule has 0 radical (unpaired) electrons. The largest absolute Gasteiger partial charge is 0.355 e. The number of fused-ring (bicyclic) bond motifs is 3. The zero-order valence-electron chi connectivity index (χ0n) is 16.6. The third kappa shape index (κ3) is 2.99. The summed E-state index contributed by atoms with van der Waals surface area (Å²) in [4.78, 5) is 2.31. The summed E-state index contributed by atoms with van der Waals surface area (Å²) in [7, 11) is 0. The van der Waals surface area contributed by atoms with Crippen molar-refractivity contribution in [3.63, 3.8) is 0 Å². The molecule has 3 unspecified atom stereocenters. The summed E-state index contributed by atoms with van der Waals surface area (Å²) < 4.78 is 0. The van der Waals surface area contributed by atoms with E-state index in [1.165, 1.54) is 44.9 Å². The topological polar surface area (TPSA) is 39.1 Å². The van der Waals surface area contributed by atoms with Crippen molar-refractivity contribution in [2.45, 2.75) is 82.8 Å². The lowest BCUT2D eigenvalue weighted by Crippen LogP contribution is -2.38. The highest BCUT2D eigenvalue weighted by molar-refractivity contribution is 5.50. The van der Waals surface area contributed by atoms with Gasteiger partial charge in [-0.3, -0.25) is 0 Å². The van der Waals surface area contributed by atoms with Gasteiger partial charge >= 0.3 is 0 Å². The van der Waals surface area contributed by atoms with Gasteiger partial charge in [-0.1, -0.05) is 12.6 Å². The minimum atomic E-state index is 0.0546. The average molecular weight is 362 g/mol. The lowest BCUT2D eigenvalue weighted by atomic mass is 9.90. The van der Waals surface area contributed by atoms with Crippen molar-refractivity contribution in [2.75, 3.05) is 6.54 Å². The van der Waals surface area contributed by atoms with Gasteiger partial charge < -0.3 is 10.2 Å². The first-order chi connectivity index (χ1) is 13.2. The Morgan fingerprint density at radius 2 is 1.93 bits per heavy atom. The van der Waals surface area contributed by atoms with Gasteiger partial charge in [-0.2, -0.15) is 5.26 Å². The summed E-state index contributed by atoms with van der Waals surface area (Å²) in [6, 6.07) is 6.09. The standard InChI is InChI=1S/C24H31N3/c1-15(26-14-16(2)27-20(13-25)11-19-12-24(19)27)9-23-21-7-3-5-17(21)10-18-6-4-8-22(18)23/h10,15,19-20,24,26H,2-9,11-12,14H2,1H3/t15?,19-,20?,24?/m1/s1. The second-order valence-electron chi connectivity index (χ2n) is 9.24. The molecule has 5 rings (SSSR count). The van der Waals surface area contributed by atoms with Crippen LogP contribution in [-0.2, 0) is 32.1 Å². The predicted octanol–water partition coefficient (Wildman–Crippen LogP) is 3.68. The first-order valence-corrected chi connectivity index (χ1v) is 10.9. The molecule has 0 amide bonds. The molecule has 3 aliphatic carbocycles. The highest BCUT2D eigenvalue weighted by Gasteiger charge is 2.52. The van der Waals surface area contributed by atoms with E-state index in [1.54, 1.807) is 27.8 Å². The number of aryl methyl sites for hydroxylation is 2. The Morgan fingerprint density at radius 3 is 2.59 bits per heavy atom. The van der Waals surface area contributed by atoms with Crippen LogP contribution in [0.15, 0.2) is 18.3 Å². The van der Waals surface area contributed by atoms with E-state index in [1.807, 2.05) is 0 Å². The molecule has 4 aliphatic rings. The number of rotatable bonds is 6. The van der Waals surface area contributed by atoms with Crippen LogP contribution >= 0.6 is 0 Å². The number of likely N-dealkylation sites (tertiary alicyclic amines) is 1. The van der Waals surface area contributed by atoms with Gasteiger partial charge in [0, 0.05) is 24.3 Å². The van der Waals surface area contributed by atoms with E-state index in [0.29, 0.717) is 12.1 Å². The fourth-order valence-corrected chi connectivity index (χ4v) is 5.97. The van der Waals surface area contributed by atoms with Gasteiger partial charge in [0.25, 0.3) is 0 Å². The summed E-state index contributed by atoms with van der Waals surface area (Å²) in [5, 5.41) is 13.1. The van der Waals surface area contributed by atoms with Crippen molar-refractivity contribution < 1.29 is 0 Å². The molecule has 1 saturated heterocycles. The van der Waals surface area contributed by atoms with Crippen molar-refractivity contribution in [1.82, 2.24) is 10.2 Å². The summed E-state index contributed by atoms with van der Waals surface area (Å²) >= 11 is 0. The third-order valence-corrected chi connectivity index (χ3v) is 7.38. The number of nitriles is 1. The molecule has 142 valence electrons. The zero-order valence-corrected chi connectivity index (χ0v) is 16.6. The van der Waals surface area contributed by atoms with Crippen molar-refractivity contribution >= 4 is 0 Å². The summed E-state index contributed by atoms with van der Waals surface area (Å²) in [5.74, 6) is 0.748. The van der Waals surface area contributed by atoms with Crippen LogP contribution in [-0.4, -0.2) is 29.6 Å². The van der Waals surface area contributed by atoms with Crippen molar-refractivity contribution in [3.05, 3.63) is 46.2 Å². The van der Waals surface area contributed by atoms with E-state index < -0.39 is 0 Å². The smallest absolute Gasteiger partial charge is 0.117 e. The minimum absolute atomic E-state index is 0.0546. The molecular formula is C24H31N3. The third-order valence-electron chi connectivity index (χ3n) is 7.38. The van der Waals surface area contributed by atoms with Crippen molar-refractivity contribution in [1.29, 1.82) is 5.26 Å². The first-order valence-electron chi connectivity index (χ1n) is 10.9. The fraction of sp³-hybridized carbons (Fsp3) is 0.625. The quantitative estimate of drug-likeness (QED) is 0.840. The van der Waals surface area contributed by atoms with Gasteiger partial charge in [-0.25, -0.2) is 0 Å². The molecule has 1 N–H and O–H groups in total. The summed E-state index contributed by atoms with van der Waals surface area (Å²) in [5.41, 5.74) is 9.40. The molecule has 27 heavy (non-hydrogen) atoms. The van der Waals surface area contributed by atoms with Gasteiger partial charge in [0.05, 0.1) is 6.07 Å². The van der Waals surface area contributed by atoms with Gasteiger partial charge in [0.2, 0.25) is 0 Å². The normalized spacial score (nSPS) is 28.4. The van der Waals surface area contributed by atoms with Crippen LogP contribution in [0, 0.1) is 17.2 Å². The second-order valence-corrected chi connectivity index (χ2v) is 9.24. The van der Waals surface area contributed by atoms with Crippen LogP contribution in [0.3, 0.4) is 0 Å². The van der Waals surface area contributed by atoms with E-state index in [4.69, 9.17) is 0 Å². The Balaban J connectivity index is 1.25. The minimum Gasteiger partial charge on any atom is -0.355 e. The highest BCUT2D eigenvalue weighted by atomic mass is 15.3. The molecule has 1 aromatic carbocycles. The van der Waals surface area contributed by atoms with Crippen LogP contribution in [0.1, 0.15) is 60.4 Å². The molecule has 0 aromatic heterocycles. The Hall–Kier alpha value is -1.79. The average Bonchev–Trinajstić information content (AvgIpc) is 3.08. The molecule has 0 bridgehead atoms. The maximum Gasteiger partial charge on any atom is 0.117 e. The Bertz CT molecular complexity index is 786. The number of benzene rings is 1. The summed E-state index contributed by atoms with van der Waals surface area (Å²) in [6.45, 7) is 7.44. The molecule has 3 heteroatoms. The van der Waals surface area contributed by atoms with Crippen LogP contribution in [0.4, 0.5) is 0 Å². The van der Waals surface area contributed by atoms with Crippen LogP contribution in [0.2, 0.25) is 0 Å². The van der Waals surface area contributed by atoms with E-state index >= 15 is 0 Å². The van der Waals surface area contributed by atoms with E-state index in [2.05, 4.69) is 35.9 Å². The number of nitrogens with zero attached hydrogens (tertiary/aromatic N) is 2. The monoisotopic (exact) mass is 361 g/mol. The van der Waals surface area contributed by atoms with Crippen LogP contribution in [0.5, 0.6) is 0 Å². The van der Waals surface area contributed by atoms with Crippen molar-refractivity contribution in [3.8, 4) is 6.07 Å². The molecule has 3 nitrogen and oxygen atoms in total. The molecule has 1 saturated carbocycles. The van der Waals surface area contributed by atoms with E-state index in [-0.39, 0.29) is 6.04 Å². The molecule has 1 heterocycles. The molecule has 1 aliphatic heterocycles. The fourth-order valence-electron chi connectivity index (χ4n) is 5.97. The molecular weight excluding hydrogens is 330 g/mol. The lowest BCUT2D eigenvalue weighted by Gasteiger charge is -2.28. The molecule has 4 atom stereocenters. The van der Waals surface area contributed by atoms with Crippen LogP contribution in [0.25, 0.3) is 0 Å². The number of hydrogen-bond donors (Lipinski definition) is 1. The first kappa shape index (κ1) is 17.3. The highest BCUT2D eigenvalue weighted by Crippen LogP contribution is 2.49. The second kappa shape index (κ2) is 6.67. The van der Waals surface area contributed by atoms with E-state index in [9.17, 15) is 5.26 Å². The van der Waals surface area contributed by atoms with Gasteiger partial charge in [0.15, 0.2) is 0 Å². The number of nitrogens with one attached hydrogen (secondary N) is 1. The number of piperidine rings is 1. The zero-order chi connectivity index (χ0) is 18.5. The SMILES string of the molecule is C=C(CNC(C)Cc1c2c(cc3c1CCC3)CCC2)N1C(C#N)C[C@@H]2CC21. The van der Waals surface area contributed by atoms with Gasteiger partial charge in [-0.15, -0.1) is 0 Å². The van der Waals surface area contributed by atoms with Crippen molar-refractivity contribution in [2.24, 2.45) is 5.92 Å². The predicted molar refractivity (Wildman–Crippen MR) is 109 cm³/mol. The molecule has 2 fully saturated rings. The Morgan fingerprint density at radius 1 is 1.22 bits per heavy atom. The molecule has 1 aromatic rings. The van der Waals surface area contributed by atoms with Crippen LogP contribution < -0.4 is 5.32 Å². The van der Waals surface area contributed by atoms with Gasteiger partial charge in [0.1, 0.15) is 6.04 Å². The lowest BCUT2D eigenvalue weighted by molar-refractivity contribution is 0.314. The maximum atomic E-state index is 9.42. The maximum absolute atomic E-state index is 9.42. The summed E-state index contributed by atoms with van der Waals surface area (Å²) in [6.07, 6.45) is 11.2. The Kier molecular flexibility index (Phi) is 4.28. The van der Waals surface area contributed by atoms with E-state index in [0.717, 1.165) is 31.0 Å². The number of hydrogen-bond acceptors (Lipinski definition) is 3. The Labute approximate surface area is 163 Å².